The summed E-state index contributed by atoms with van der Waals surface area (Å²) in [6.07, 6.45) is -6.22. The van der Waals surface area contributed by atoms with Crippen LogP contribution >= 0.6 is 0 Å². The summed E-state index contributed by atoms with van der Waals surface area (Å²) in [5.74, 6) is -0.388. The maximum atomic E-state index is 13.2. The van der Waals surface area contributed by atoms with Gasteiger partial charge in [0, 0.05) is 16.9 Å². The topological polar surface area (TPSA) is 44.9 Å². The number of rotatable bonds is 2. The number of hydrogen-bond acceptors (Lipinski definition) is 1. The highest BCUT2D eigenvalue weighted by Gasteiger charge is 2.38. The molecule has 3 rings (SSSR count). The highest BCUT2D eigenvalue weighted by atomic mass is 19.4. The molecular weight excluding hydrogens is 374 g/mol. The first-order valence-corrected chi connectivity index (χ1v) is 8.59. The van der Waals surface area contributed by atoms with E-state index in [2.05, 4.69) is 10.3 Å². The van der Waals surface area contributed by atoms with Crippen molar-refractivity contribution in [2.24, 2.45) is 5.92 Å². The van der Waals surface area contributed by atoms with Crippen LogP contribution in [-0.2, 0) is 12.4 Å². The number of aromatic amines is 1. The van der Waals surface area contributed by atoms with Gasteiger partial charge in [-0.15, -0.1) is 0 Å². The Kier molecular flexibility index (Phi) is 4.90. The third-order valence-electron chi connectivity index (χ3n) is 5.04. The number of benzene rings is 1. The van der Waals surface area contributed by atoms with Gasteiger partial charge < -0.3 is 10.3 Å². The van der Waals surface area contributed by atoms with Gasteiger partial charge in [-0.3, -0.25) is 4.79 Å². The lowest BCUT2D eigenvalue weighted by Crippen LogP contribution is -2.41. The molecule has 1 heterocycles. The van der Waals surface area contributed by atoms with E-state index in [1.165, 1.54) is 0 Å². The molecule has 0 saturated heterocycles. The van der Waals surface area contributed by atoms with Gasteiger partial charge in [-0.05, 0) is 37.0 Å². The van der Waals surface area contributed by atoms with E-state index in [0.29, 0.717) is 6.07 Å². The summed E-state index contributed by atoms with van der Waals surface area (Å²) in [4.78, 5) is 14.8. The van der Waals surface area contributed by atoms with Crippen LogP contribution in [0.3, 0.4) is 0 Å². The second kappa shape index (κ2) is 6.76. The van der Waals surface area contributed by atoms with Crippen LogP contribution in [0.25, 0.3) is 10.9 Å². The average Bonchev–Trinajstić information content (AvgIpc) is 2.98. The monoisotopic (exact) mass is 392 g/mol. The molecule has 0 spiro atoms. The van der Waals surface area contributed by atoms with Crippen molar-refractivity contribution in [1.29, 1.82) is 0 Å². The predicted octanol–water partition coefficient (Wildman–Crippen LogP) is 5.51. The molecule has 1 aliphatic rings. The van der Waals surface area contributed by atoms with Gasteiger partial charge in [-0.25, -0.2) is 0 Å². The molecule has 1 aromatic heterocycles. The van der Waals surface area contributed by atoms with Gasteiger partial charge in [0.05, 0.1) is 11.1 Å². The smallest absolute Gasteiger partial charge is 0.351 e. The number of nitrogens with one attached hydrogen (secondary N) is 2. The molecule has 2 aromatic rings. The third-order valence-corrected chi connectivity index (χ3v) is 5.04. The van der Waals surface area contributed by atoms with Crippen molar-refractivity contribution in [2.75, 3.05) is 0 Å². The van der Waals surface area contributed by atoms with Crippen molar-refractivity contribution in [3.8, 4) is 0 Å². The second-order valence-electron chi connectivity index (χ2n) is 7.01. The molecule has 27 heavy (non-hydrogen) atoms. The number of carbonyl (C=O) groups is 1. The molecule has 1 aliphatic carbocycles. The normalized spacial score (nSPS) is 21.4. The molecule has 148 valence electrons. The van der Waals surface area contributed by atoms with Gasteiger partial charge in [0.15, 0.2) is 0 Å². The minimum absolute atomic E-state index is 0.0705. The lowest BCUT2D eigenvalue weighted by Gasteiger charge is -2.29. The molecule has 0 unspecified atom stereocenters. The highest BCUT2D eigenvalue weighted by molar-refractivity contribution is 5.99. The quantitative estimate of drug-likeness (QED) is 0.650. The molecule has 1 fully saturated rings. The molecule has 0 bridgehead atoms. The minimum Gasteiger partial charge on any atom is -0.351 e. The van der Waals surface area contributed by atoms with Crippen molar-refractivity contribution in [3.63, 3.8) is 0 Å². The number of carbonyl (C=O) groups excluding carboxylic acids is 1. The van der Waals surface area contributed by atoms with E-state index < -0.39 is 34.8 Å². The Morgan fingerprint density at radius 3 is 2.30 bits per heavy atom. The summed E-state index contributed by atoms with van der Waals surface area (Å²) >= 11 is 0. The fraction of sp³-hybridized carbons (Fsp3) is 0.500. The largest absolute Gasteiger partial charge is 0.417 e. The predicted molar refractivity (Wildman–Crippen MR) is 87.2 cm³/mol. The Labute approximate surface area is 151 Å². The van der Waals surface area contributed by atoms with Gasteiger partial charge in [0.25, 0.3) is 5.91 Å². The zero-order valence-corrected chi connectivity index (χ0v) is 14.4. The van der Waals surface area contributed by atoms with E-state index in [9.17, 15) is 31.1 Å². The van der Waals surface area contributed by atoms with Crippen LogP contribution < -0.4 is 5.32 Å². The highest BCUT2D eigenvalue weighted by Crippen LogP contribution is 2.40. The molecule has 3 nitrogen and oxygen atoms in total. The zero-order valence-electron chi connectivity index (χ0n) is 14.4. The lowest BCUT2D eigenvalue weighted by molar-refractivity contribution is -0.142. The van der Waals surface area contributed by atoms with Crippen molar-refractivity contribution in [2.45, 2.75) is 51.0 Å². The second-order valence-corrected chi connectivity index (χ2v) is 7.01. The van der Waals surface area contributed by atoms with Crippen LogP contribution in [0.2, 0.25) is 0 Å². The summed E-state index contributed by atoms with van der Waals surface area (Å²) in [5.41, 5.74) is -3.41. The average molecular weight is 392 g/mol. The fourth-order valence-electron chi connectivity index (χ4n) is 3.54. The number of halogens is 6. The number of hydrogen-bond donors (Lipinski definition) is 2. The van der Waals surface area contributed by atoms with Gasteiger partial charge in [0.2, 0.25) is 0 Å². The number of fused-ring (bicyclic) bond motifs is 1. The van der Waals surface area contributed by atoms with E-state index in [4.69, 9.17) is 0 Å². The summed E-state index contributed by atoms with van der Waals surface area (Å²) in [7, 11) is 0. The maximum Gasteiger partial charge on any atom is 0.417 e. The van der Waals surface area contributed by atoms with Crippen LogP contribution in [0.4, 0.5) is 26.3 Å². The molecule has 9 heteroatoms. The fourth-order valence-corrected chi connectivity index (χ4v) is 3.54. The Balaban J connectivity index is 1.99. The van der Waals surface area contributed by atoms with Gasteiger partial charge >= 0.3 is 12.4 Å². The Morgan fingerprint density at radius 2 is 1.70 bits per heavy atom. The van der Waals surface area contributed by atoms with Crippen LogP contribution in [0, 0.1) is 5.92 Å². The minimum atomic E-state index is -4.98. The maximum absolute atomic E-state index is 13.2. The Bertz CT molecular complexity index is 852. The van der Waals surface area contributed by atoms with Crippen LogP contribution in [0.5, 0.6) is 0 Å². The zero-order chi connectivity index (χ0) is 20.0. The van der Waals surface area contributed by atoms with Gasteiger partial charge in [-0.1, -0.05) is 19.8 Å². The van der Waals surface area contributed by atoms with Crippen molar-refractivity contribution < 1.29 is 31.1 Å². The van der Waals surface area contributed by atoms with Crippen LogP contribution in [-0.4, -0.2) is 16.9 Å². The van der Waals surface area contributed by atoms with Gasteiger partial charge in [0.1, 0.15) is 5.69 Å². The summed E-state index contributed by atoms with van der Waals surface area (Å²) < 4.78 is 78.5. The standard InChI is InChI=1S/C18H18F6N2O/c1-9-4-2-3-5-13(9)26-16(27)15-8-11-12(18(22,23)24)6-10(17(19,20)21)7-14(11)25-15/h6-9,13,25H,2-5H2,1H3,(H,26,27)/t9-,13+/m0/s1. The third kappa shape index (κ3) is 4.06. The number of H-pyrrole nitrogens is 1. The SMILES string of the molecule is C[C@H]1CCCC[C@H]1NC(=O)c1cc2c(C(F)(F)F)cc(C(F)(F)F)cc2[nH]1. The van der Waals surface area contributed by atoms with Crippen LogP contribution in [0.1, 0.15) is 54.2 Å². The molecule has 2 atom stereocenters. The van der Waals surface area contributed by atoms with E-state index in [1.54, 1.807) is 0 Å². The molecule has 1 saturated carbocycles. The van der Waals surface area contributed by atoms with Crippen LogP contribution in [0.15, 0.2) is 18.2 Å². The van der Waals surface area contributed by atoms with E-state index >= 15 is 0 Å². The Hall–Kier alpha value is -2.19. The molecule has 0 aliphatic heterocycles. The first kappa shape index (κ1) is 19.6. The Morgan fingerprint density at radius 1 is 1.04 bits per heavy atom. The molecular formula is C18H18F6N2O. The molecule has 2 N–H and O–H groups in total. The number of aromatic nitrogens is 1. The first-order chi connectivity index (χ1) is 12.5. The van der Waals surface area contributed by atoms with E-state index in [0.717, 1.165) is 31.7 Å². The number of amides is 1. The van der Waals surface area contributed by atoms with E-state index in [1.807, 2.05) is 6.92 Å². The molecule has 0 radical (unpaired) electrons. The van der Waals surface area contributed by atoms with E-state index in [-0.39, 0.29) is 29.2 Å². The van der Waals surface area contributed by atoms with Crippen molar-refractivity contribution in [3.05, 3.63) is 35.0 Å². The molecule has 1 aromatic carbocycles. The first-order valence-electron chi connectivity index (χ1n) is 8.59. The summed E-state index contributed by atoms with van der Waals surface area (Å²) in [5, 5.41) is 2.31. The van der Waals surface area contributed by atoms with Crippen molar-refractivity contribution in [1.82, 2.24) is 10.3 Å². The summed E-state index contributed by atoms with van der Waals surface area (Å²) in [6.45, 7) is 1.98. The summed E-state index contributed by atoms with van der Waals surface area (Å²) in [6, 6.07) is 1.51. The molecule has 1 amide bonds. The van der Waals surface area contributed by atoms with Gasteiger partial charge in [-0.2, -0.15) is 26.3 Å². The lowest BCUT2D eigenvalue weighted by atomic mass is 9.86. The number of alkyl halides is 6. The van der Waals surface area contributed by atoms with Crippen molar-refractivity contribution >= 4 is 16.8 Å².